The van der Waals surface area contributed by atoms with Gasteiger partial charge in [-0.25, -0.2) is 4.98 Å². The summed E-state index contributed by atoms with van der Waals surface area (Å²) in [5.74, 6) is 0.874. The van der Waals surface area contributed by atoms with Crippen LogP contribution in [0.25, 0.3) is 0 Å². The summed E-state index contributed by atoms with van der Waals surface area (Å²) in [6, 6.07) is 5.79. The van der Waals surface area contributed by atoms with Crippen LogP contribution in [0.1, 0.15) is 42.3 Å². The summed E-state index contributed by atoms with van der Waals surface area (Å²) in [6.45, 7) is 3.70. The zero-order chi connectivity index (χ0) is 17.1. The molecule has 1 aliphatic rings. The van der Waals surface area contributed by atoms with Gasteiger partial charge in [0, 0.05) is 11.8 Å². The Hall–Kier alpha value is -2.33. The van der Waals surface area contributed by atoms with Gasteiger partial charge in [0.25, 0.3) is 0 Å². The monoisotopic (exact) mass is 342 g/mol. The van der Waals surface area contributed by atoms with E-state index >= 15 is 0 Å². The topological polar surface area (TPSA) is 91.8 Å². The van der Waals surface area contributed by atoms with Crippen LogP contribution in [-0.4, -0.2) is 21.3 Å². The molecule has 0 saturated heterocycles. The van der Waals surface area contributed by atoms with Crippen LogP contribution >= 0.6 is 11.8 Å². The largest absolute Gasteiger partial charge is 0.360 e. The van der Waals surface area contributed by atoms with Gasteiger partial charge in [0.2, 0.25) is 5.91 Å². The molecule has 0 bridgehead atoms. The number of hydrogen-bond donors (Lipinski definition) is 1. The summed E-state index contributed by atoms with van der Waals surface area (Å²) in [5.41, 5.74) is 2.76. The molecule has 24 heavy (non-hydrogen) atoms. The maximum absolute atomic E-state index is 12.5. The van der Waals surface area contributed by atoms with E-state index in [1.165, 1.54) is 11.8 Å². The molecule has 0 aliphatic heterocycles. The number of rotatable bonds is 5. The van der Waals surface area contributed by atoms with E-state index in [-0.39, 0.29) is 11.2 Å². The number of nitrogens with zero attached hydrogens (tertiary/aromatic N) is 3. The van der Waals surface area contributed by atoms with Gasteiger partial charge in [-0.1, -0.05) is 23.8 Å². The van der Waals surface area contributed by atoms with E-state index in [1.54, 1.807) is 13.0 Å². The van der Waals surface area contributed by atoms with E-state index in [0.717, 1.165) is 30.5 Å². The summed E-state index contributed by atoms with van der Waals surface area (Å²) >= 11 is 1.34. The second-order valence-electron chi connectivity index (χ2n) is 5.74. The number of fused-ring (bicyclic) bond motifs is 1. The van der Waals surface area contributed by atoms with Crippen molar-refractivity contribution >= 4 is 23.5 Å². The average Bonchev–Trinajstić information content (AvgIpc) is 3.19. The Morgan fingerprint density at radius 3 is 3.00 bits per heavy atom. The number of aromatic nitrogens is 2. The summed E-state index contributed by atoms with van der Waals surface area (Å²) in [5, 5.41) is 16.2. The van der Waals surface area contributed by atoms with Crippen molar-refractivity contribution in [2.45, 2.75) is 49.8 Å². The van der Waals surface area contributed by atoms with Crippen molar-refractivity contribution in [3.63, 3.8) is 0 Å². The normalized spacial score (nSPS) is 14.0. The molecular weight excluding hydrogens is 324 g/mol. The molecule has 2 heterocycles. The van der Waals surface area contributed by atoms with E-state index in [0.29, 0.717) is 28.6 Å². The van der Waals surface area contributed by atoms with E-state index in [1.807, 2.05) is 13.0 Å². The fourth-order valence-corrected chi connectivity index (χ4v) is 3.71. The highest BCUT2D eigenvalue weighted by atomic mass is 32.2. The van der Waals surface area contributed by atoms with Crippen molar-refractivity contribution in [1.82, 2.24) is 10.1 Å². The van der Waals surface area contributed by atoms with Crippen LogP contribution in [0, 0.1) is 18.3 Å². The van der Waals surface area contributed by atoms with Gasteiger partial charge in [0.15, 0.2) is 5.82 Å². The smallest absolute Gasteiger partial charge is 0.239 e. The van der Waals surface area contributed by atoms with Crippen molar-refractivity contribution < 1.29 is 9.32 Å². The van der Waals surface area contributed by atoms with Crippen molar-refractivity contribution in [3.8, 4) is 6.07 Å². The van der Waals surface area contributed by atoms with Crippen molar-refractivity contribution in [1.29, 1.82) is 5.26 Å². The quantitative estimate of drug-likeness (QED) is 0.839. The number of nitrogens with one attached hydrogen (secondary N) is 1. The molecular formula is C17H18N4O2S. The third-order valence-corrected chi connectivity index (χ3v) is 5.30. The first kappa shape index (κ1) is 16.5. The zero-order valence-corrected chi connectivity index (χ0v) is 14.4. The van der Waals surface area contributed by atoms with Gasteiger partial charge < -0.3 is 9.84 Å². The summed E-state index contributed by atoms with van der Waals surface area (Å²) < 4.78 is 4.96. The molecule has 1 aliphatic carbocycles. The Bertz CT molecular complexity index is 809. The first-order chi connectivity index (χ1) is 11.6. The third-order valence-electron chi connectivity index (χ3n) is 3.93. The lowest BCUT2D eigenvalue weighted by molar-refractivity contribution is -0.115. The molecule has 124 valence electrons. The number of carbonyl (C=O) groups is 1. The molecule has 1 amide bonds. The minimum absolute atomic E-state index is 0.165. The molecule has 7 heteroatoms. The maximum atomic E-state index is 12.5. The molecule has 0 radical (unpaired) electrons. The Kier molecular flexibility index (Phi) is 4.86. The molecule has 3 rings (SSSR count). The molecule has 6 nitrogen and oxygen atoms in total. The molecule has 1 N–H and O–H groups in total. The highest BCUT2D eigenvalue weighted by Crippen LogP contribution is 2.31. The SMILES string of the molecule is CCC(Sc1nc2c(cc1C#N)CCC2)C(=O)Nc1cc(C)on1. The van der Waals surface area contributed by atoms with Crippen molar-refractivity contribution in [2.75, 3.05) is 5.32 Å². The predicted molar refractivity (Wildman–Crippen MR) is 90.8 cm³/mol. The Morgan fingerprint density at radius 2 is 2.33 bits per heavy atom. The molecule has 2 aromatic heterocycles. The third kappa shape index (κ3) is 3.44. The fourth-order valence-electron chi connectivity index (χ4n) is 2.71. The average molecular weight is 342 g/mol. The van der Waals surface area contributed by atoms with Crippen molar-refractivity contribution in [3.05, 3.63) is 34.7 Å². The highest BCUT2D eigenvalue weighted by molar-refractivity contribution is 8.00. The van der Waals surface area contributed by atoms with Gasteiger partial charge in [-0.05, 0) is 44.2 Å². The van der Waals surface area contributed by atoms with E-state index in [9.17, 15) is 10.1 Å². The number of thioether (sulfide) groups is 1. The molecule has 1 unspecified atom stereocenters. The highest BCUT2D eigenvalue weighted by Gasteiger charge is 2.23. The molecule has 0 aromatic carbocycles. The summed E-state index contributed by atoms with van der Waals surface area (Å²) in [6.07, 6.45) is 3.61. The summed E-state index contributed by atoms with van der Waals surface area (Å²) in [7, 11) is 0. The number of nitriles is 1. The molecule has 0 spiro atoms. The number of anilines is 1. The number of aryl methyl sites for hydroxylation is 3. The lowest BCUT2D eigenvalue weighted by atomic mass is 10.2. The van der Waals surface area contributed by atoms with Gasteiger partial charge >= 0.3 is 0 Å². The van der Waals surface area contributed by atoms with Crippen LogP contribution in [-0.2, 0) is 17.6 Å². The lowest BCUT2D eigenvalue weighted by Gasteiger charge is -2.14. The van der Waals surface area contributed by atoms with Crippen LogP contribution in [0.15, 0.2) is 21.7 Å². The Morgan fingerprint density at radius 1 is 1.50 bits per heavy atom. The van der Waals surface area contributed by atoms with Crippen LogP contribution in [0.2, 0.25) is 0 Å². The number of pyridine rings is 1. The minimum atomic E-state index is -0.346. The second-order valence-corrected chi connectivity index (χ2v) is 6.93. The number of hydrogen-bond acceptors (Lipinski definition) is 6. The van der Waals surface area contributed by atoms with Gasteiger partial charge in [-0.15, -0.1) is 0 Å². The maximum Gasteiger partial charge on any atom is 0.239 e. The van der Waals surface area contributed by atoms with Crippen LogP contribution in [0.3, 0.4) is 0 Å². The lowest BCUT2D eigenvalue weighted by Crippen LogP contribution is -2.25. The summed E-state index contributed by atoms with van der Waals surface area (Å²) in [4.78, 5) is 17.1. The molecule has 1 atom stereocenters. The number of amides is 1. The van der Waals surface area contributed by atoms with E-state index < -0.39 is 0 Å². The standard InChI is InChI=1S/C17H18N4O2S/c1-3-14(16(22)20-15-7-10(2)23-21-15)24-17-12(9-18)8-11-5-4-6-13(11)19-17/h7-8,14H,3-6H2,1-2H3,(H,20,21,22). The molecule has 0 fully saturated rings. The van der Waals surface area contributed by atoms with Crippen molar-refractivity contribution in [2.24, 2.45) is 0 Å². The fraction of sp³-hybridized carbons (Fsp3) is 0.412. The first-order valence-corrected chi connectivity index (χ1v) is 8.82. The first-order valence-electron chi connectivity index (χ1n) is 7.94. The van der Waals surface area contributed by atoms with Crippen LogP contribution in [0.5, 0.6) is 0 Å². The Labute approximate surface area is 144 Å². The van der Waals surface area contributed by atoms with Gasteiger partial charge in [0.05, 0.1) is 10.8 Å². The van der Waals surface area contributed by atoms with E-state index in [4.69, 9.17) is 4.52 Å². The molecule has 0 saturated carbocycles. The van der Waals surface area contributed by atoms with E-state index in [2.05, 4.69) is 21.5 Å². The second kappa shape index (κ2) is 7.05. The minimum Gasteiger partial charge on any atom is -0.360 e. The molecule has 2 aromatic rings. The van der Waals surface area contributed by atoms with Gasteiger partial charge in [-0.3, -0.25) is 4.79 Å². The Balaban J connectivity index is 1.78. The number of carbonyl (C=O) groups excluding carboxylic acids is 1. The van der Waals surface area contributed by atoms with Crippen LogP contribution in [0.4, 0.5) is 5.82 Å². The van der Waals surface area contributed by atoms with Gasteiger partial charge in [0.1, 0.15) is 16.9 Å². The zero-order valence-electron chi connectivity index (χ0n) is 13.6. The van der Waals surface area contributed by atoms with Crippen LogP contribution < -0.4 is 5.32 Å². The predicted octanol–water partition coefficient (Wildman–Crippen LogP) is 3.25. The van der Waals surface area contributed by atoms with Gasteiger partial charge in [-0.2, -0.15) is 5.26 Å².